The summed E-state index contributed by atoms with van der Waals surface area (Å²) >= 11 is 1.69. The van der Waals surface area contributed by atoms with E-state index in [1.54, 1.807) is 17.4 Å². The van der Waals surface area contributed by atoms with Crippen molar-refractivity contribution in [2.75, 3.05) is 23.3 Å². The molecule has 4 heterocycles. The van der Waals surface area contributed by atoms with Gasteiger partial charge in [0.25, 0.3) is 0 Å². The van der Waals surface area contributed by atoms with Gasteiger partial charge in [-0.1, -0.05) is 11.3 Å². The highest BCUT2D eigenvalue weighted by Crippen LogP contribution is 2.31. The maximum Gasteiger partial charge on any atom is 0.249 e. The predicted octanol–water partition coefficient (Wildman–Crippen LogP) is 3.42. The third kappa shape index (κ3) is 3.12. The normalized spacial score (nSPS) is 15.0. The molecule has 3 aromatic rings. The van der Waals surface area contributed by atoms with Crippen LogP contribution >= 0.6 is 11.3 Å². The Kier molecular flexibility index (Phi) is 3.93. The number of aryl methyl sites for hydroxylation is 1. The zero-order valence-electron chi connectivity index (χ0n) is 13.5. The van der Waals surface area contributed by atoms with E-state index in [-0.39, 0.29) is 5.56 Å². The number of hydrogen-bond acceptors (Lipinski definition) is 6. The first-order valence-corrected chi connectivity index (χ1v) is 8.98. The molecule has 1 fully saturated rings. The maximum atomic E-state index is 11.6. The van der Waals surface area contributed by atoms with Gasteiger partial charge in [0.15, 0.2) is 5.13 Å². The van der Waals surface area contributed by atoms with Crippen molar-refractivity contribution in [1.82, 2.24) is 15.0 Å². The molecule has 0 radical (unpaired) electrons. The highest BCUT2D eigenvalue weighted by atomic mass is 32.1. The van der Waals surface area contributed by atoms with Gasteiger partial charge in [-0.2, -0.15) is 0 Å². The number of thiazole rings is 1. The first-order valence-electron chi connectivity index (χ1n) is 8.17. The van der Waals surface area contributed by atoms with Crippen molar-refractivity contribution in [2.45, 2.75) is 26.2 Å². The predicted molar refractivity (Wildman–Crippen MR) is 98.6 cm³/mol. The molecule has 124 valence electrons. The molecule has 6 nitrogen and oxygen atoms in total. The van der Waals surface area contributed by atoms with Crippen molar-refractivity contribution >= 4 is 38.3 Å². The Morgan fingerprint density at radius 1 is 1.21 bits per heavy atom. The minimum absolute atomic E-state index is 0.125. The molecule has 1 aliphatic heterocycles. The van der Waals surface area contributed by atoms with Crippen molar-refractivity contribution in [3.05, 3.63) is 40.3 Å². The Labute approximate surface area is 143 Å². The zero-order chi connectivity index (χ0) is 16.5. The molecular formula is C17H19N5OS. The van der Waals surface area contributed by atoms with Crippen LogP contribution in [-0.2, 0) is 0 Å². The summed E-state index contributed by atoms with van der Waals surface area (Å²) in [4.78, 5) is 25.9. The molecule has 2 N–H and O–H groups in total. The molecular weight excluding hydrogens is 322 g/mol. The molecule has 0 aliphatic carbocycles. The first kappa shape index (κ1) is 15.1. The van der Waals surface area contributed by atoms with Gasteiger partial charge in [0.1, 0.15) is 11.6 Å². The van der Waals surface area contributed by atoms with Crippen molar-refractivity contribution < 1.29 is 0 Å². The van der Waals surface area contributed by atoms with E-state index in [0.717, 1.165) is 34.0 Å². The van der Waals surface area contributed by atoms with Gasteiger partial charge in [0, 0.05) is 31.4 Å². The van der Waals surface area contributed by atoms with Crippen LogP contribution < -0.4 is 15.8 Å². The average Bonchev–Trinajstić information content (AvgIpc) is 2.98. The number of H-pyrrole nitrogens is 1. The second-order valence-electron chi connectivity index (χ2n) is 6.14. The van der Waals surface area contributed by atoms with Crippen LogP contribution in [0.25, 0.3) is 10.2 Å². The van der Waals surface area contributed by atoms with Crippen LogP contribution in [-0.4, -0.2) is 28.0 Å². The maximum absolute atomic E-state index is 11.6. The molecule has 1 aliphatic rings. The highest BCUT2D eigenvalue weighted by Gasteiger charge is 2.15. The van der Waals surface area contributed by atoms with Gasteiger partial charge in [0.05, 0.1) is 10.2 Å². The van der Waals surface area contributed by atoms with Gasteiger partial charge in [-0.05, 0) is 37.8 Å². The van der Waals surface area contributed by atoms with Gasteiger partial charge < -0.3 is 15.2 Å². The fourth-order valence-corrected chi connectivity index (χ4v) is 3.96. The van der Waals surface area contributed by atoms with Crippen LogP contribution in [0.4, 0.5) is 16.8 Å². The fourth-order valence-electron chi connectivity index (χ4n) is 3.00. The molecule has 3 aromatic heterocycles. The van der Waals surface area contributed by atoms with Crippen LogP contribution in [0.3, 0.4) is 0 Å². The van der Waals surface area contributed by atoms with Crippen LogP contribution in [0.5, 0.6) is 0 Å². The summed E-state index contributed by atoms with van der Waals surface area (Å²) in [6.45, 7) is 4.06. The molecule has 1 saturated heterocycles. The third-order valence-corrected chi connectivity index (χ3v) is 5.21. The lowest BCUT2D eigenvalue weighted by molar-refractivity contribution is 0.577. The quantitative estimate of drug-likeness (QED) is 0.763. The number of anilines is 3. The largest absolute Gasteiger partial charge is 0.348 e. The van der Waals surface area contributed by atoms with Crippen LogP contribution in [0.1, 0.15) is 24.8 Å². The number of nitrogens with one attached hydrogen (secondary N) is 2. The number of rotatable bonds is 3. The Morgan fingerprint density at radius 3 is 2.83 bits per heavy atom. The first-order chi connectivity index (χ1) is 11.7. The molecule has 4 rings (SSSR count). The van der Waals surface area contributed by atoms with Gasteiger partial charge in [-0.25, -0.2) is 9.97 Å². The van der Waals surface area contributed by atoms with E-state index in [0.29, 0.717) is 11.6 Å². The second-order valence-corrected chi connectivity index (χ2v) is 7.15. The van der Waals surface area contributed by atoms with E-state index < -0.39 is 0 Å². The van der Waals surface area contributed by atoms with Crippen LogP contribution in [0.2, 0.25) is 0 Å². The molecule has 0 saturated carbocycles. The van der Waals surface area contributed by atoms with E-state index in [9.17, 15) is 4.79 Å². The summed E-state index contributed by atoms with van der Waals surface area (Å²) < 4.78 is 1.08. The molecule has 0 bridgehead atoms. The fraction of sp³-hybridized carbons (Fsp3) is 0.353. The number of pyridine rings is 2. The van der Waals surface area contributed by atoms with E-state index in [2.05, 4.69) is 20.2 Å². The Hall–Kier alpha value is -2.41. The van der Waals surface area contributed by atoms with Crippen molar-refractivity contribution in [3.8, 4) is 0 Å². The van der Waals surface area contributed by atoms with Gasteiger partial charge in [-0.3, -0.25) is 4.79 Å². The average molecular weight is 341 g/mol. The Bertz CT molecular complexity index is 926. The molecule has 0 atom stereocenters. The molecule has 24 heavy (non-hydrogen) atoms. The molecule has 0 amide bonds. The van der Waals surface area contributed by atoms with Crippen molar-refractivity contribution in [3.63, 3.8) is 0 Å². The zero-order valence-corrected chi connectivity index (χ0v) is 14.3. The lowest BCUT2D eigenvalue weighted by Crippen LogP contribution is -2.29. The standard InChI is InChI=1S/C17H19N5OS/c1-11-7-15(21-16(23)8-11)20-14-9-12-13(10-18-14)24-17(19-12)22-5-3-2-4-6-22/h7-10H,2-6H2,1H3,(H2,18,20,21,23). The molecule has 7 heteroatoms. The van der Waals surface area contributed by atoms with Crippen LogP contribution in [0, 0.1) is 6.92 Å². The van der Waals surface area contributed by atoms with Crippen molar-refractivity contribution in [2.24, 2.45) is 0 Å². The summed E-state index contributed by atoms with van der Waals surface area (Å²) in [6, 6.07) is 5.38. The van der Waals surface area contributed by atoms with Gasteiger partial charge in [0.2, 0.25) is 5.56 Å². The second kappa shape index (κ2) is 6.24. The molecule has 0 spiro atoms. The van der Waals surface area contributed by atoms with Gasteiger partial charge in [-0.15, -0.1) is 0 Å². The van der Waals surface area contributed by atoms with Crippen molar-refractivity contribution in [1.29, 1.82) is 0 Å². The number of hydrogen-bond donors (Lipinski definition) is 2. The molecule has 0 aromatic carbocycles. The smallest absolute Gasteiger partial charge is 0.249 e. The SMILES string of the molecule is Cc1cc(Nc2cc3nc(N4CCCCC4)sc3cn2)[nH]c(=O)c1. The summed E-state index contributed by atoms with van der Waals surface area (Å²) in [7, 11) is 0. The number of piperidine rings is 1. The lowest BCUT2D eigenvalue weighted by atomic mass is 10.1. The van der Waals surface area contributed by atoms with E-state index in [1.807, 2.05) is 25.3 Å². The Balaban J connectivity index is 1.61. The minimum Gasteiger partial charge on any atom is -0.348 e. The number of nitrogens with zero attached hydrogens (tertiary/aromatic N) is 3. The monoisotopic (exact) mass is 341 g/mol. The Morgan fingerprint density at radius 2 is 2.04 bits per heavy atom. The van der Waals surface area contributed by atoms with E-state index in [4.69, 9.17) is 4.98 Å². The van der Waals surface area contributed by atoms with E-state index in [1.165, 1.54) is 19.3 Å². The highest BCUT2D eigenvalue weighted by molar-refractivity contribution is 7.22. The third-order valence-electron chi connectivity index (χ3n) is 4.14. The van der Waals surface area contributed by atoms with E-state index >= 15 is 0 Å². The number of aromatic amines is 1. The summed E-state index contributed by atoms with van der Waals surface area (Å²) in [5.74, 6) is 1.32. The summed E-state index contributed by atoms with van der Waals surface area (Å²) in [5, 5.41) is 4.23. The summed E-state index contributed by atoms with van der Waals surface area (Å²) in [6.07, 6.45) is 5.63. The van der Waals surface area contributed by atoms with Crippen LogP contribution in [0.15, 0.2) is 29.2 Å². The number of aromatic nitrogens is 3. The topological polar surface area (TPSA) is 73.9 Å². The molecule has 0 unspecified atom stereocenters. The summed E-state index contributed by atoms with van der Waals surface area (Å²) in [5.41, 5.74) is 1.72. The van der Waals surface area contributed by atoms with Gasteiger partial charge >= 0.3 is 0 Å². The number of fused-ring (bicyclic) bond motifs is 1. The minimum atomic E-state index is -0.125. The lowest BCUT2D eigenvalue weighted by Gasteiger charge is -2.25.